The van der Waals surface area contributed by atoms with Crippen LogP contribution in [0.2, 0.25) is 5.02 Å². The number of aliphatic hydroxyl groups excluding tert-OH is 1. The standard InChI is InChI=1S/C20H15BrClNO4/c21-12-5-6-15-14(10-12)18(25)16-17(11-3-1-4-13(22)9-11)23(7-2-8-24)20(26)19(16)27-15/h1,3-6,9-10,17,24H,2,7-8H2. The summed E-state index contributed by atoms with van der Waals surface area (Å²) < 4.78 is 6.59. The lowest BCUT2D eigenvalue weighted by Crippen LogP contribution is -2.31. The van der Waals surface area contributed by atoms with Crippen molar-refractivity contribution in [1.29, 1.82) is 0 Å². The Bertz CT molecular complexity index is 1110. The van der Waals surface area contributed by atoms with Gasteiger partial charge in [-0.1, -0.05) is 39.7 Å². The van der Waals surface area contributed by atoms with Crippen molar-refractivity contribution >= 4 is 44.4 Å². The van der Waals surface area contributed by atoms with Gasteiger partial charge in [-0.3, -0.25) is 9.59 Å². The fourth-order valence-electron chi connectivity index (χ4n) is 3.49. The molecule has 0 fully saturated rings. The molecule has 3 aromatic rings. The Morgan fingerprint density at radius 3 is 2.74 bits per heavy atom. The molecule has 0 saturated carbocycles. The highest BCUT2D eigenvalue weighted by Gasteiger charge is 2.42. The number of nitrogens with zero attached hydrogens (tertiary/aromatic N) is 1. The molecule has 0 spiro atoms. The first-order chi connectivity index (χ1) is 13.0. The van der Waals surface area contributed by atoms with Crippen LogP contribution in [0.4, 0.5) is 0 Å². The van der Waals surface area contributed by atoms with Gasteiger partial charge in [0.05, 0.1) is 17.0 Å². The summed E-state index contributed by atoms with van der Waals surface area (Å²) in [4.78, 5) is 27.8. The highest BCUT2D eigenvalue weighted by Crippen LogP contribution is 2.39. The molecule has 0 radical (unpaired) electrons. The van der Waals surface area contributed by atoms with E-state index in [4.69, 9.17) is 16.0 Å². The first kappa shape index (κ1) is 18.2. The molecule has 0 bridgehead atoms. The second-order valence-electron chi connectivity index (χ2n) is 6.35. The first-order valence-electron chi connectivity index (χ1n) is 8.45. The molecular weight excluding hydrogens is 434 g/mol. The Labute approximate surface area is 168 Å². The molecule has 1 amide bonds. The minimum Gasteiger partial charge on any atom is -0.450 e. The largest absolute Gasteiger partial charge is 0.450 e. The highest BCUT2D eigenvalue weighted by atomic mass is 79.9. The van der Waals surface area contributed by atoms with E-state index in [1.807, 2.05) is 6.07 Å². The van der Waals surface area contributed by atoms with E-state index in [0.29, 0.717) is 34.5 Å². The number of hydrogen-bond acceptors (Lipinski definition) is 4. The van der Waals surface area contributed by atoms with Crippen molar-refractivity contribution in [3.63, 3.8) is 0 Å². The fourth-order valence-corrected chi connectivity index (χ4v) is 4.05. The zero-order chi connectivity index (χ0) is 19.1. The fraction of sp³-hybridized carbons (Fsp3) is 0.200. The van der Waals surface area contributed by atoms with E-state index >= 15 is 0 Å². The summed E-state index contributed by atoms with van der Waals surface area (Å²) in [6.07, 6.45) is 0.399. The average Bonchev–Trinajstić information content (AvgIpc) is 2.93. The third kappa shape index (κ3) is 3.08. The molecule has 27 heavy (non-hydrogen) atoms. The molecule has 1 N–H and O–H groups in total. The van der Waals surface area contributed by atoms with E-state index in [9.17, 15) is 14.7 Å². The minimum atomic E-state index is -0.600. The number of carbonyl (C=O) groups is 1. The van der Waals surface area contributed by atoms with E-state index in [-0.39, 0.29) is 23.7 Å². The molecule has 138 valence electrons. The third-order valence-electron chi connectivity index (χ3n) is 4.65. The second-order valence-corrected chi connectivity index (χ2v) is 7.70. The SMILES string of the molecule is O=C1c2oc3ccc(Br)cc3c(=O)c2C(c2cccc(Cl)c2)N1CCCO. The summed E-state index contributed by atoms with van der Waals surface area (Å²) >= 11 is 9.51. The van der Waals surface area contributed by atoms with E-state index in [2.05, 4.69) is 15.9 Å². The quantitative estimate of drug-likeness (QED) is 0.651. The Morgan fingerprint density at radius 1 is 1.19 bits per heavy atom. The van der Waals surface area contributed by atoms with E-state index < -0.39 is 6.04 Å². The summed E-state index contributed by atoms with van der Waals surface area (Å²) in [5.74, 6) is -0.303. The number of benzene rings is 2. The van der Waals surface area contributed by atoms with E-state index in [1.165, 1.54) is 0 Å². The van der Waals surface area contributed by atoms with Crippen molar-refractivity contribution in [3.8, 4) is 0 Å². The van der Waals surface area contributed by atoms with Gasteiger partial charge < -0.3 is 14.4 Å². The lowest BCUT2D eigenvalue weighted by atomic mass is 9.98. The van der Waals surface area contributed by atoms with Gasteiger partial charge in [-0.15, -0.1) is 0 Å². The summed E-state index contributed by atoms with van der Waals surface area (Å²) in [5.41, 5.74) is 1.17. The Kier molecular flexibility index (Phi) is 4.80. The smallest absolute Gasteiger partial charge is 0.290 e. The van der Waals surface area contributed by atoms with Crippen LogP contribution in [0.3, 0.4) is 0 Å². The van der Waals surface area contributed by atoms with Gasteiger partial charge in [-0.05, 0) is 42.3 Å². The molecule has 0 saturated heterocycles. The average molecular weight is 449 g/mol. The van der Waals surface area contributed by atoms with Crippen molar-refractivity contribution in [2.75, 3.05) is 13.2 Å². The molecule has 7 heteroatoms. The number of carbonyl (C=O) groups excluding carboxylic acids is 1. The highest BCUT2D eigenvalue weighted by molar-refractivity contribution is 9.10. The summed E-state index contributed by atoms with van der Waals surface area (Å²) in [5, 5.41) is 10.1. The van der Waals surface area contributed by atoms with Crippen LogP contribution in [-0.2, 0) is 0 Å². The van der Waals surface area contributed by atoms with Crippen molar-refractivity contribution in [2.24, 2.45) is 0 Å². The van der Waals surface area contributed by atoms with Crippen LogP contribution in [0.25, 0.3) is 11.0 Å². The van der Waals surface area contributed by atoms with Gasteiger partial charge >= 0.3 is 0 Å². The van der Waals surface area contributed by atoms with Gasteiger partial charge in [0.15, 0.2) is 5.43 Å². The van der Waals surface area contributed by atoms with Crippen molar-refractivity contribution < 1.29 is 14.3 Å². The molecule has 1 aliphatic rings. The predicted octanol–water partition coefficient (Wildman–Crippen LogP) is 4.14. The van der Waals surface area contributed by atoms with Gasteiger partial charge in [-0.25, -0.2) is 0 Å². The molecule has 2 aromatic carbocycles. The monoisotopic (exact) mass is 447 g/mol. The number of rotatable bonds is 4. The molecule has 1 unspecified atom stereocenters. The molecular formula is C20H15BrClNO4. The Balaban J connectivity index is 1.99. The number of aliphatic hydroxyl groups is 1. The number of amides is 1. The van der Waals surface area contributed by atoms with Crippen LogP contribution in [0, 0.1) is 0 Å². The van der Waals surface area contributed by atoms with Crippen molar-refractivity contribution in [1.82, 2.24) is 4.90 Å². The normalized spacial score (nSPS) is 16.2. The molecule has 1 atom stereocenters. The van der Waals surface area contributed by atoms with Gasteiger partial charge in [0, 0.05) is 22.6 Å². The Hall–Kier alpha value is -2.15. The van der Waals surface area contributed by atoms with Gasteiger partial charge in [0.1, 0.15) is 5.58 Å². The van der Waals surface area contributed by atoms with Crippen LogP contribution >= 0.6 is 27.5 Å². The molecule has 5 nitrogen and oxygen atoms in total. The zero-order valence-electron chi connectivity index (χ0n) is 14.1. The van der Waals surface area contributed by atoms with Gasteiger partial charge in [0.2, 0.25) is 5.76 Å². The minimum absolute atomic E-state index is 0.0535. The maximum atomic E-state index is 13.3. The van der Waals surface area contributed by atoms with Crippen LogP contribution in [-0.4, -0.2) is 29.1 Å². The summed E-state index contributed by atoms with van der Waals surface area (Å²) in [7, 11) is 0. The maximum Gasteiger partial charge on any atom is 0.290 e. The maximum absolute atomic E-state index is 13.3. The van der Waals surface area contributed by atoms with Crippen molar-refractivity contribution in [3.05, 3.63) is 79.1 Å². The zero-order valence-corrected chi connectivity index (χ0v) is 16.5. The molecule has 4 rings (SSSR count). The van der Waals surface area contributed by atoms with Crippen LogP contribution < -0.4 is 5.43 Å². The summed E-state index contributed by atoms with van der Waals surface area (Å²) in [6, 6.07) is 11.6. The van der Waals surface area contributed by atoms with Crippen LogP contribution in [0.5, 0.6) is 0 Å². The number of hydrogen-bond donors (Lipinski definition) is 1. The molecule has 1 aliphatic heterocycles. The molecule has 2 heterocycles. The lowest BCUT2D eigenvalue weighted by molar-refractivity contribution is 0.0716. The van der Waals surface area contributed by atoms with Crippen LogP contribution in [0.1, 0.15) is 34.1 Å². The number of fused-ring (bicyclic) bond motifs is 2. The Morgan fingerprint density at radius 2 is 2.00 bits per heavy atom. The van der Waals surface area contributed by atoms with E-state index in [0.717, 1.165) is 10.0 Å². The van der Waals surface area contributed by atoms with E-state index in [1.54, 1.807) is 41.3 Å². The number of halogens is 2. The van der Waals surface area contributed by atoms with Crippen molar-refractivity contribution in [2.45, 2.75) is 12.5 Å². The first-order valence-corrected chi connectivity index (χ1v) is 9.62. The molecule has 0 aliphatic carbocycles. The van der Waals surface area contributed by atoms with Gasteiger partial charge in [-0.2, -0.15) is 0 Å². The molecule has 1 aromatic heterocycles. The second kappa shape index (κ2) is 7.11. The predicted molar refractivity (Wildman–Crippen MR) is 106 cm³/mol. The topological polar surface area (TPSA) is 70.8 Å². The summed E-state index contributed by atoms with van der Waals surface area (Å²) in [6.45, 7) is 0.245. The third-order valence-corrected chi connectivity index (χ3v) is 5.38. The van der Waals surface area contributed by atoms with Gasteiger partial charge in [0.25, 0.3) is 5.91 Å². The lowest BCUT2D eigenvalue weighted by Gasteiger charge is -2.25. The van der Waals surface area contributed by atoms with Crippen LogP contribution in [0.15, 0.2) is 56.1 Å².